The van der Waals surface area contributed by atoms with Gasteiger partial charge in [-0.2, -0.15) is 0 Å². The van der Waals surface area contributed by atoms with Crippen LogP contribution in [-0.4, -0.2) is 29.7 Å². The fraction of sp³-hybridized carbons (Fsp3) is 0.167. The van der Waals surface area contributed by atoms with Crippen LogP contribution in [0.1, 0.15) is 21.5 Å². The lowest BCUT2D eigenvalue weighted by Crippen LogP contribution is -2.41. The number of amides is 3. The van der Waals surface area contributed by atoms with Gasteiger partial charge in [0, 0.05) is 16.9 Å². The lowest BCUT2D eigenvalue weighted by atomic mass is 10.1. The molecule has 0 bridgehead atoms. The molecule has 3 aromatic rings. The molecule has 0 saturated heterocycles. The number of anilines is 2. The molecule has 30 heavy (non-hydrogen) atoms. The van der Waals surface area contributed by atoms with Gasteiger partial charge in [-0.25, -0.2) is 4.79 Å². The summed E-state index contributed by atoms with van der Waals surface area (Å²) in [5, 5.41) is 18.0. The van der Waals surface area contributed by atoms with E-state index in [4.69, 9.17) is 0 Å². The summed E-state index contributed by atoms with van der Waals surface area (Å²) >= 11 is 0. The highest BCUT2D eigenvalue weighted by atomic mass is 16.3. The molecule has 1 atom stereocenters. The van der Waals surface area contributed by atoms with E-state index in [0.29, 0.717) is 23.4 Å². The third-order valence-corrected chi connectivity index (χ3v) is 4.66. The first-order chi connectivity index (χ1) is 14.5. The summed E-state index contributed by atoms with van der Waals surface area (Å²) < 4.78 is 0. The van der Waals surface area contributed by atoms with E-state index in [1.54, 1.807) is 36.4 Å². The van der Waals surface area contributed by atoms with Crippen LogP contribution >= 0.6 is 0 Å². The van der Waals surface area contributed by atoms with Crippen molar-refractivity contribution in [2.24, 2.45) is 0 Å². The number of urea groups is 1. The molecule has 0 aromatic heterocycles. The largest absolute Gasteiger partial charge is 0.394 e. The number of benzene rings is 3. The zero-order valence-corrected chi connectivity index (χ0v) is 16.8. The maximum atomic E-state index is 12.5. The van der Waals surface area contributed by atoms with Crippen molar-refractivity contribution in [3.05, 3.63) is 95.6 Å². The van der Waals surface area contributed by atoms with Crippen LogP contribution in [0.3, 0.4) is 0 Å². The lowest BCUT2D eigenvalue weighted by Gasteiger charge is -2.18. The minimum atomic E-state index is -0.417. The summed E-state index contributed by atoms with van der Waals surface area (Å²) in [4.78, 5) is 24.8. The van der Waals surface area contributed by atoms with Gasteiger partial charge in [0.2, 0.25) is 0 Å². The third-order valence-electron chi connectivity index (χ3n) is 4.66. The average molecular weight is 403 g/mol. The number of aryl methyl sites for hydroxylation is 1. The highest BCUT2D eigenvalue weighted by molar-refractivity contribution is 6.04. The summed E-state index contributed by atoms with van der Waals surface area (Å²) in [7, 11) is 0. The number of aliphatic hydroxyl groups excluding tert-OH is 1. The number of rotatable bonds is 7. The number of hydrogen-bond acceptors (Lipinski definition) is 3. The van der Waals surface area contributed by atoms with Crippen molar-refractivity contribution in [1.29, 1.82) is 0 Å². The fourth-order valence-electron chi connectivity index (χ4n) is 3.03. The Morgan fingerprint density at radius 1 is 0.900 bits per heavy atom. The predicted molar refractivity (Wildman–Crippen MR) is 119 cm³/mol. The second-order valence-corrected chi connectivity index (χ2v) is 7.02. The molecule has 0 spiro atoms. The van der Waals surface area contributed by atoms with Crippen molar-refractivity contribution >= 4 is 23.3 Å². The van der Waals surface area contributed by atoms with Crippen molar-refractivity contribution < 1.29 is 14.7 Å². The Morgan fingerprint density at radius 3 is 2.23 bits per heavy atom. The monoisotopic (exact) mass is 403 g/mol. The van der Waals surface area contributed by atoms with Crippen LogP contribution in [0.4, 0.5) is 16.2 Å². The van der Waals surface area contributed by atoms with Crippen molar-refractivity contribution in [2.45, 2.75) is 19.4 Å². The van der Waals surface area contributed by atoms with E-state index in [2.05, 4.69) is 16.0 Å². The van der Waals surface area contributed by atoms with Gasteiger partial charge in [0.1, 0.15) is 0 Å². The van der Waals surface area contributed by atoms with Crippen LogP contribution in [0, 0.1) is 6.92 Å². The van der Waals surface area contributed by atoms with Crippen LogP contribution in [0.2, 0.25) is 0 Å². The van der Waals surface area contributed by atoms with E-state index in [9.17, 15) is 14.7 Å². The van der Waals surface area contributed by atoms with Gasteiger partial charge in [-0.3, -0.25) is 4.79 Å². The quantitative estimate of drug-likeness (QED) is 0.481. The molecule has 6 heteroatoms. The van der Waals surface area contributed by atoms with E-state index < -0.39 is 12.1 Å². The molecular weight excluding hydrogens is 378 g/mol. The second-order valence-electron chi connectivity index (χ2n) is 7.02. The van der Waals surface area contributed by atoms with Gasteiger partial charge in [0.25, 0.3) is 5.91 Å². The molecule has 1 unspecified atom stereocenters. The summed E-state index contributed by atoms with van der Waals surface area (Å²) in [6.07, 6.45) is 0.525. The van der Waals surface area contributed by atoms with Gasteiger partial charge in [-0.05, 0) is 48.7 Å². The van der Waals surface area contributed by atoms with Gasteiger partial charge >= 0.3 is 6.03 Å². The Hall–Kier alpha value is -3.64. The standard InChI is InChI=1S/C24H25N3O3/c1-17-12-13-20(25-23(29)19-10-6-3-7-11-19)15-22(17)27-24(30)26-21(16-28)14-18-8-4-2-5-9-18/h2-13,15,21,28H,14,16H2,1H3,(H,25,29)(H2,26,27,30). The molecule has 0 aliphatic carbocycles. The molecule has 4 N–H and O–H groups in total. The van der Waals surface area contributed by atoms with E-state index >= 15 is 0 Å². The molecule has 0 fully saturated rings. The van der Waals surface area contributed by atoms with Crippen molar-refractivity contribution in [1.82, 2.24) is 5.32 Å². The van der Waals surface area contributed by atoms with Crippen LogP contribution in [-0.2, 0) is 6.42 Å². The molecule has 0 saturated carbocycles. The summed E-state index contributed by atoms with van der Waals surface area (Å²) in [5.74, 6) is -0.224. The number of aliphatic hydroxyl groups is 1. The first-order valence-corrected chi connectivity index (χ1v) is 9.74. The number of nitrogens with one attached hydrogen (secondary N) is 3. The SMILES string of the molecule is Cc1ccc(NC(=O)c2ccccc2)cc1NC(=O)NC(CO)Cc1ccccc1. The Labute approximate surface area is 176 Å². The molecule has 154 valence electrons. The van der Waals surface area contributed by atoms with Gasteiger partial charge < -0.3 is 21.1 Å². The van der Waals surface area contributed by atoms with E-state index in [1.807, 2.05) is 49.4 Å². The summed E-state index contributed by atoms with van der Waals surface area (Å²) in [6.45, 7) is 1.69. The number of carbonyl (C=O) groups excluding carboxylic acids is 2. The minimum absolute atomic E-state index is 0.172. The van der Waals surface area contributed by atoms with Gasteiger partial charge in [0.05, 0.1) is 12.6 Å². The predicted octanol–water partition coefficient (Wildman–Crippen LogP) is 3.97. The molecule has 0 heterocycles. The molecule has 6 nitrogen and oxygen atoms in total. The zero-order valence-electron chi connectivity index (χ0n) is 16.8. The first-order valence-electron chi connectivity index (χ1n) is 9.74. The molecule has 3 amide bonds. The number of hydrogen-bond donors (Lipinski definition) is 4. The van der Waals surface area contributed by atoms with E-state index in [0.717, 1.165) is 11.1 Å². The van der Waals surface area contributed by atoms with Crippen LogP contribution in [0.5, 0.6) is 0 Å². The molecule has 0 radical (unpaired) electrons. The van der Waals surface area contributed by atoms with E-state index in [1.165, 1.54) is 0 Å². The highest BCUT2D eigenvalue weighted by Gasteiger charge is 2.14. The molecule has 0 aliphatic heterocycles. The smallest absolute Gasteiger partial charge is 0.319 e. The topological polar surface area (TPSA) is 90.5 Å². The highest BCUT2D eigenvalue weighted by Crippen LogP contribution is 2.21. The van der Waals surface area contributed by atoms with Crippen LogP contribution < -0.4 is 16.0 Å². The zero-order chi connectivity index (χ0) is 21.3. The average Bonchev–Trinajstić information content (AvgIpc) is 2.77. The molecule has 3 rings (SSSR count). The maximum absolute atomic E-state index is 12.5. The maximum Gasteiger partial charge on any atom is 0.319 e. The van der Waals surface area contributed by atoms with Crippen LogP contribution in [0.15, 0.2) is 78.9 Å². The Balaban J connectivity index is 1.63. The minimum Gasteiger partial charge on any atom is -0.394 e. The summed E-state index contributed by atoms with van der Waals surface area (Å²) in [6, 6.07) is 23.1. The van der Waals surface area contributed by atoms with Gasteiger partial charge in [-0.15, -0.1) is 0 Å². The normalized spacial score (nSPS) is 11.4. The second kappa shape index (κ2) is 10.2. The third kappa shape index (κ3) is 5.93. The molecule has 3 aromatic carbocycles. The van der Waals surface area contributed by atoms with Crippen molar-refractivity contribution in [3.8, 4) is 0 Å². The number of carbonyl (C=O) groups is 2. The van der Waals surface area contributed by atoms with Gasteiger partial charge in [-0.1, -0.05) is 54.6 Å². The Bertz CT molecular complexity index is 991. The molecule has 0 aliphatic rings. The van der Waals surface area contributed by atoms with Crippen LogP contribution in [0.25, 0.3) is 0 Å². The molecular formula is C24H25N3O3. The van der Waals surface area contributed by atoms with Crippen molar-refractivity contribution in [2.75, 3.05) is 17.2 Å². The Kier molecular flexibility index (Phi) is 7.19. The Morgan fingerprint density at radius 2 is 1.57 bits per heavy atom. The first kappa shape index (κ1) is 21.1. The summed E-state index contributed by atoms with van der Waals surface area (Å²) in [5.41, 5.74) is 3.59. The van der Waals surface area contributed by atoms with Crippen molar-refractivity contribution in [3.63, 3.8) is 0 Å². The lowest BCUT2D eigenvalue weighted by molar-refractivity contribution is 0.102. The fourth-order valence-corrected chi connectivity index (χ4v) is 3.03. The van der Waals surface area contributed by atoms with Gasteiger partial charge in [0.15, 0.2) is 0 Å². The van der Waals surface area contributed by atoms with E-state index in [-0.39, 0.29) is 12.5 Å².